The lowest BCUT2D eigenvalue weighted by atomic mass is 10.3. The molecular weight excluding hydrogens is 439 g/mol. The summed E-state index contributed by atoms with van der Waals surface area (Å²) < 4.78 is 42.3. The molecule has 1 aromatic carbocycles. The largest absolute Gasteiger partial charge is 0.484 e. The predicted molar refractivity (Wildman–Crippen MR) is 107 cm³/mol. The van der Waals surface area contributed by atoms with Gasteiger partial charge in [-0.15, -0.1) is 11.3 Å². The normalized spacial score (nSPS) is 11.6. The summed E-state index contributed by atoms with van der Waals surface area (Å²) in [6.07, 6.45) is -1.24. The fraction of sp³-hybridized carbons (Fsp3) is 0.167. The predicted octanol–water partition coefficient (Wildman–Crippen LogP) is 4.71. The van der Waals surface area contributed by atoms with Gasteiger partial charge in [0, 0.05) is 12.4 Å². The molecule has 0 radical (unpaired) electrons. The average molecular weight is 451 g/mol. The minimum atomic E-state index is -4.42. The zero-order valence-electron chi connectivity index (χ0n) is 15.2. The number of carbonyl (C=O) groups excluding carboxylic acids is 1. The van der Waals surface area contributed by atoms with E-state index in [0.717, 1.165) is 22.7 Å². The number of hydrogen-bond donors (Lipinski definition) is 1. The van der Waals surface area contributed by atoms with Crippen molar-refractivity contribution in [1.82, 2.24) is 19.9 Å². The summed E-state index contributed by atoms with van der Waals surface area (Å²) in [5.41, 5.74) is 1.07. The molecular formula is C18H12F3N5O2S2. The number of nitrogens with one attached hydrogen (secondary N) is 1. The summed E-state index contributed by atoms with van der Waals surface area (Å²) in [5.74, 6) is 0.114. The van der Waals surface area contributed by atoms with Gasteiger partial charge in [-0.25, -0.2) is 19.9 Å². The topological polar surface area (TPSA) is 89.9 Å². The quantitative estimate of drug-likeness (QED) is 0.473. The Kier molecular flexibility index (Phi) is 5.35. The third-order valence-electron chi connectivity index (χ3n) is 3.74. The molecule has 0 bridgehead atoms. The van der Waals surface area contributed by atoms with E-state index < -0.39 is 12.8 Å². The standard InChI is InChI=1S/C18H12F3N5O2S2/c1-9-13(30-16(24-9)14-22-5-2-6-23-14)15(27)26-17-25-11-4-3-10(7-12(11)29-17)28-8-18(19,20)21/h2-7H,8H2,1H3,(H,25,26,27). The fourth-order valence-corrected chi connectivity index (χ4v) is 4.28. The Hall–Kier alpha value is -3.12. The number of fused-ring (bicyclic) bond motifs is 1. The highest BCUT2D eigenvalue weighted by atomic mass is 32.1. The van der Waals surface area contributed by atoms with Gasteiger partial charge in [0.05, 0.1) is 15.9 Å². The van der Waals surface area contributed by atoms with Crippen molar-refractivity contribution in [3.05, 3.63) is 47.2 Å². The molecule has 0 atom stereocenters. The van der Waals surface area contributed by atoms with Crippen molar-refractivity contribution in [2.24, 2.45) is 0 Å². The Morgan fingerprint density at radius 3 is 2.67 bits per heavy atom. The Morgan fingerprint density at radius 1 is 1.17 bits per heavy atom. The van der Waals surface area contributed by atoms with Gasteiger partial charge in [-0.1, -0.05) is 11.3 Å². The van der Waals surface area contributed by atoms with Crippen LogP contribution in [0.1, 0.15) is 15.4 Å². The molecule has 0 saturated heterocycles. The minimum absolute atomic E-state index is 0.0761. The van der Waals surface area contributed by atoms with Crippen molar-refractivity contribution in [2.75, 3.05) is 11.9 Å². The molecule has 0 spiro atoms. The smallest absolute Gasteiger partial charge is 0.422 e. The van der Waals surface area contributed by atoms with Crippen LogP contribution >= 0.6 is 22.7 Å². The van der Waals surface area contributed by atoms with Crippen LogP contribution in [0.15, 0.2) is 36.7 Å². The molecule has 0 aliphatic heterocycles. The summed E-state index contributed by atoms with van der Waals surface area (Å²) in [4.78, 5) is 30.0. The number of thiazole rings is 2. The second-order valence-electron chi connectivity index (χ2n) is 6.01. The zero-order valence-corrected chi connectivity index (χ0v) is 16.9. The van der Waals surface area contributed by atoms with Crippen molar-refractivity contribution in [2.45, 2.75) is 13.1 Å². The number of aryl methyl sites for hydroxylation is 1. The highest BCUT2D eigenvalue weighted by Gasteiger charge is 2.28. The van der Waals surface area contributed by atoms with Crippen LogP contribution in [0, 0.1) is 6.92 Å². The lowest BCUT2D eigenvalue weighted by Crippen LogP contribution is -2.19. The number of carbonyl (C=O) groups is 1. The molecule has 0 aliphatic carbocycles. The summed E-state index contributed by atoms with van der Waals surface area (Å²) in [5, 5.41) is 3.54. The molecule has 1 N–H and O–H groups in total. The molecule has 3 aromatic heterocycles. The molecule has 0 saturated carbocycles. The number of benzene rings is 1. The maximum absolute atomic E-state index is 12.7. The molecule has 30 heavy (non-hydrogen) atoms. The Balaban J connectivity index is 1.51. The number of anilines is 1. The summed E-state index contributed by atoms with van der Waals surface area (Å²) in [6, 6.07) is 6.08. The Bertz CT molecular complexity index is 1210. The lowest BCUT2D eigenvalue weighted by Gasteiger charge is -2.08. The third kappa shape index (κ3) is 4.54. The number of hydrogen-bond acceptors (Lipinski definition) is 8. The molecule has 4 aromatic rings. The maximum Gasteiger partial charge on any atom is 0.422 e. The highest BCUT2D eigenvalue weighted by molar-refractivity contribution is 7.22. The molecule has 12 heteroatoms. The van der Waals surface area contributed by atoms with Crippen LogP contribution < -0.4 is 10.1 Å². The summed E-state index contributed by atoms with van der Waals surface area (Å²) in [6.45, 7) is 0.333. The van der Waals surface area contributed by atoms with Crippen molar-refractivity contribution in [3.8, 4) is 16.6 Å². The molecule has 0 fully saturated rings. The van der Waals surface area contributed by atoms with Crippen LogP contribution in [0.2, 0.25) is 0 Å². The van der Waals surface area contributed by atoms with Crippen LogP contribution in [0.4, 0.5) is 18.3 Å². The van der Waals surface area contributed by atoms with Gasteiger partial charge in [0.15, 0.2) is 22.6 Å². The SMILES string of the molecule is Cc1nc(-c2ncccn2)sc1C(=O)Nc1nc2ccc(OCC(F)(F)F)cc2s1. The van der Waals surface area contributed by atoms with E-state index in [1.54, 1.807) is 25.4 Å². The highest BCUT2D eigenvalue weighted by Crippen LogP contribution is 2.31. The van der Waals surface area contributed by atoms with Gasteiger partial charge in [0.2, 0.25) is 0 Å². The number of rotatable bonds is 5. The van der Waals surface area contributed by atoms with Crippen LogP contribution in [0.3, 0.4) is 0 Å². The molecule has 0 unspecified atom stereocenters. The first kappa shape index (κ1) is 20.2. The van der Waals surface area contributed by atoms with E-state index in [9.17, 15) is 18.0 Å². The van der Waals surface area contributed by atoms with E-state index in [-0.39, 0.29) is 11.7 Å². The first-order valence-electron chi connectivity index (χ1n) is 8.45. The molecule has 0 aliphatic rings. The minimum Gasteiger partial charge on any atom is -0.484 e. The Morgan fingerprint density at radius 2 is 1.93 bits per heavy atom. The van der Waals surface area contributed by atoms with Gasteiger partial charge >= 0.3 is 6.18 Å². The first-order chi connectivity index (χ1) is 14.3. The molecule has 1 amide bonds. The van der Waals surface area contributed by atoms with Crippen molar-refractivity contribution in [3.63, 3.8) is 0 Å². The molecule has 4 rings (SSSR count). The third-order valence-corrected chi connectivity index (χ3v) is 5.83. The second kappa shape index (κ2) is 7.95. The number of nitrogens with zero attached hydrogens (tertiary/aromatic N) is 4. The van der Waals surface area contributed by atoms with Crippen molar-refractivity contribution >= 4 is 43.9 Å². The van der Waals surface area contributed by atoms with E-state index in [0.29, 0.717) is 36.8 Å². The number of ether oxygens (including phenoxy) is 1. The van der Waals surface area contributed by atoms with Gasteiger partial charge in [-0.2, -0.15) is 13.2 Å². The summed E-state index contributed by atoms with van der Waals surface area (Å²) >= 11 is 2.29. The van der Waals surface area contributed by atoms with Crippen LogP contribution in [0.5, 0.6) is 5.75 Å². The van der Waals surface area contributed by atoms with E-state index in [1.165, 1.54) is 18.2 Å². The number of alkyl halides is 3. The van der Waals surface area contributed by atoms with E-state index in [1.807, 2.05) is 0 Å². The Labute approximate surface area is 175 Å². The zero-order chi connectivity index (χ0) is 21.3. The molecule has 3 heterocycles. The summed E-state index contributed by atoms with van der Waals surface area (Å²) in [7, 11) is 0. The van der Waals surface area contributed by atoms with E-state index in [4.69, 9.17) is 4.74 Å². The van der Waals surface area contributed by atoms with Gasteiger partial charge in [-0.3, -0.25) is 10.1 Å². The number of amides is 1. The second-order valence-corrected chi connectivity index (χ2v) is 8.04. The van der Waals surface area contributed by atoms with Crippen molar-refractivity contribution < 1.29 is 22.7 Å². The van der Waals surface area contributed by atoms with E-state index >= 15 is 0 Å². The maximum atomic E-state index is 12.7. The van der Waals surface area contributed by atoms with E-state index in [2.05, 4.69) is 25.3 Å². The fourth-order valence-electron chi connectivity index (χ4n) is 2.48. The average Bonchev–Trinajstić information content (AvgIpc) is 3.29. The van der Waals surface area contributed by atoms with Gasteiger partial charge in [0.1, 0.15) is 10.6 Å². The lowest BCUT2D eigenvalue weighted by molar-refractivity contribution is -0.153. The van der Waals surface area contributed by atoms with Gasteiger partial charge in [0.25, 0.3) is 5.91 Å². The van der Waals surface area contributed by atoms with Crippen molar-refractivity contribution in [1.29, 1.82) is 0 Å². The van der Waals surface area contributed by atoms with Gasteiger partial charge in [-0.05, 0) is 31.2 Å². The van der Waals surface area contributed by atoms with Crippen LogP contribution in [-0.2, 0) is 0 Å². The van der Waals surface area contributed by atoms with Crippen LogP contribution in [-0.4, -0.2) is 38.6 Å². The molecule has 154 valence electrons. The van der Waals surface area contributed by atoms with Gasteiger partial charge < -0.3 is 4.74 Å². The first-order valence-corrected chi connectivity index (χ1v) is 10.1. The monoisotopic (exact) mass is 451 g/mol. The molecule has 7 nitrogen and oxygen atoms in total. The van der Waals surface area contributed by atoms with Crippen LogP contribution in [0.25, 0.3) is 21.0 Å². The number of aromatic nitrogens is 4. The number of halogens is 3.